The summed E-state index contributed by atoms with van der Waals surface area (Å²) in [5.41, 5.74) is 7.43. The molecule has 0 aliphatic heterocycles. The van der Waals surface area contributed by atoms with Crippen molar-refractivity contribution in [3.05, 3.63) is 48.2 Å². The lowest BCUT2D eigenvalue weighted by Crippen LogP contribution is -2.29. The third kappa shape index (κ3) is 3.91. The number of carbonyl (C=O) groups excluding carboxylic acids is 2. The Morgan fingerprint density at radius 2 is 1.71 bits per heavy atom. The van der Waals surface area contributed by atoms with Crippen LogP contribution in [0.3, 0.4) is 0 Å². The number of aromatic nitrogens is 1. The van der Waals surface area contributed by atoms with Gasteiger partial charge in [0.2, 0.25) is 0 Å². The number of anilines is 1. The molecule has 0 unspecified atom stereocenters. The maximum atomic E-state index is 11.3. The van der Waals surface area contributed by atoms with Gasteiger partial charge in [0.05, 0.1) is 6.20 Å². The minimum absolute atomic E-state index is 0.324. The molecule has 108 valence electrons. The molecule has 0 spiro atoms. The van der Waals surface area contributed by atoms with E-state index in [9.17, 15) is 9.59 Å². The Morgan fingerprint density at radius 3 is 2.24 bits per heavy atom. The Balaban J connectivity index is 2.04. The van der Waals surface area contributed by atoms with Crippen LogP contribution >= 0.6 is 0 Å². The third-order valence-corrected chi connectivity index (χ3v) is 2.47. The van der Waals surface area contributed by atoms with E-state index in [4.69, 9.17) is 16.3 Å². The first-order chi connectivity index (χ1) is 10.1. The van der Waals surface area contributed by atoms with Crippen LogP contribution in [0.5, 0.6) is 11.5 Å². The van der Waals surface area contributed by atoms with Crippen molar-refractivity contribution in [2.24, 2.45) is 11.6 Å². The highest BCUT2D eigenvalue weighted by molar-refractivity contribution is 5.93. The van der Waals surface area contributed by atoms with Crippen LogP contribution in [0.2, 0.25) is 0 Å². The van der Waals surface area contributed by atoms with Gasteiger partial charge < -0.3 is 10.5 Å². The summed E-state index contributed by atoms with van der Waals surface area (Å²) in [6, 6.07) is 8.89. The van der Waals surface area contributed by atoms with Gasteiger partial charge >= 0.3 is 6.03 Å². The molecule has 0 bridgehead atoms. The molecule has 0 atom stereocenters. The lowest BCUT2D eigenvalue weighted by Gasteiger charge is -2.07. The highest BCUT2D eigenvalue weighted by atomic mass is 16.5. The van der Waals surface area contributed by atoms with Crippen molar-refractivity contribution in [1.29, 1.82) is 0 Å². The van der Waals surface area contributed by atoms with Crippen molar-refractivity contribution in [2.45, 2.75) is 0 Å². The minimum atomic E-state index is -0.690. The summed E-state index contributed by atoms with van der Waals surface area (Å²) in [5, 5.41) is 2.34. The second-order valence-corrected chi connectivity index (χ2v) is 3.97. The summed E-state index contributed by atoms with van der Waals surface area (Å²) in [6.07, 6.45) is 1.44. The third-order valence-electron chi connectivity index (χ3n) is 2.47. The zero-order valence-corrected chi connectivity index (χ0v) is 10.9. The number of nitrogen functional groups attached to an aromatic ring is 1. The molecule has 0 aliphatic rings. The van der Waals surface area contributed by atoms with Gasteiger partial charge in [0, 0.05) is 5.56 Å². The predicted octanol–water partition coefficient (Wildman–Crippen LogP) is 0.968. The molecule has 0 saturated carbocycles. The average molecular weight is 287 g/mol. The number of nitrogens with zero attached hydrogens (tertiary/aromatic N) is 1. The van der Waals surface area contributed by atoms with Gasteiger partial charge in [-0.25, -0.2) is 15.6 Å². The van der Waals surface area contributed by atoms with Crippen LogP contribution < -0.4 is 27.1 Å². The van der Waals surface area contributed by atoms with Gasteiger partial charge in [-0.3, -0.25) is 15.5 Å². The standard InChI is InChI=1S/C13H13N5O3/c14-13(20)17-11-6-5-10(7-16-11)21-9-3-1-8(2-4-9)12(19)18-15/h1-7H,15H2,(H,18,19)(H3,14,16,17,20). The van der Waals surface area contributed by atoms with E-state index in [-0.39, 0.29) is 5.91 Å². The number of rotatable bonds is 4. The van der Waals surface area contributed by atoms with E-state index in [2.05, 4.69) is 10.3 Å². The van der Waals surface area contributed by atoms with Crippen LogP contribution in [0.4, 0.5) is 10.6 Å². The predicted molar refractivity (Wildman–Crippen MR) is 75.6 cm³/mol. The lowest BCUT2D eigenvalue weighted by molar-refractivity contribution is 0.0953. The first kappa shape index (κ1) is 14.3. The largest absolute Gasteiger partial charge is 0.456 e. The SMILES string of the molecule is NNC(=O)c1ccc(Oc2ccc(NC(N)=O)nc2)cc1. The number of hydrogen-bond donors (Lipinski definition) is 4. The van der Waals surface area contributed by atoms with Crippen molar-refractivity contribution in [3.63, 3.8) is 0 Å². The van der Waals surface area contributed by atoms with Crippen LogP contribution in [0.25, 0.3) is 0 Å². The fourth-order valence-corrected chi connectivity index (χ4v) is 1.53. The molecule has 0 saturated heterocycles. The van der Waals surface area contributed by atoms with Gasteiger partial charge in [-0.15, -0.1) is 0 Å². The average Bonchev–Trinajstić information content (AvgIpc) is 2.49. The van der Waals surface area contributed by atoms with Crippen molar-refractivity contribution in [1.82, 2.24) is 10.4 Å². The molecule has 1 aromatic carbocycles. The zero-order valence-electron chi connectivity index (χ0n) is 10.9. The van der Waals surface area contributed by atoms with E-state index in [1.54, 1.807) is 36.4 Å². The second-order valence-electron chi connectivity index (χ2n) is 3.97. The lowest BCUT2D eigenvalue weighted by atomic mass is 10.2. The summed E-state index contributed by atoms with van der Waals surface area (Å²) < 4.78 is 5.54. The van der Waals surface area contributed by atoms with Crippen molar-refractivity contribution in [2.75, 3.05) is 5.32 Å². The quantitative estimate of drug-likeness (QED) is 0.378. The number of carbonyl (C=O) groups is 2. The van der Waals surface area contributed by atoms with Crippen LogP contribution in [0, 0.1) is 0 Å². The van der Waals surface area contributed by atoms with Gasteiger partial charge in [-0.05, 0) is 36.4 Å². The van der Waals surface area contributed by atoms with Gasteiger partial charge in [0.15, 0.2) is 0 Å². The molecule has 2 rings (SSSR count). The molecule has 0 aliphatic carbocycles. The molecular weight excluding hydrogens is 274 g/mol. The monoisotopic (exact) mass is 287 g/mol. The highest BCUT2D eigenvalue weighted by Crippen LogP contribution is 2.21. The van der Waals surface area contributed by atoms with Crippen molar-refractivity contribution in [3.8, 4) is 11.5 Å². The van der Waals surface area contributed by atoms with Gasteiger partial charge in [0.25, 0.3) is 5.91 Å². The van der Waals surface area contributed by atoms with E-state index in [0.29, 0.717) is 22.9 Å². The van der Waals surface area contributed by atoms with E-state index in [0.717, 1.165) is 0 Å². The Kier molecular flexibility index (Phi) is 4.32. The van der Waals surface area contributed by atoms with Crippen LogP contribution in [0.1, 0.15) is 10.4 Å². The normalized spacial score (nSPS) is 9.76. The first-order valence-corrected chi connectivity index (χ1v) is 5.90. The number of amides is 3. The molecule has 0 fully saturated rings. The summed E-state index contributed by atoms with van der Waals surface area (Å²) in [5.74, 6) is 5.98. The van der Waals surface area contributed by atoms with E-state index in [1.165, 1.54) is 6.20 Å². The fourth-order valence-electron chi connectivity index (χ4n) is 1.53. The van der Waals surface area contributed by atoms with Gasteiger partial charge in [0.1, 0.15) is 17.3 Å². The molecule has 1 aromatic heterocycles. The fraction of sp³-hybridized carbons (Fsp3) is 0. The summed E-state index contributed by atoms with van der Waals surface area (Å²) in [6.45, 7) is 0. The number of hydrogen-bond acceptors (Lipinski definition) is 5. The second kappa shape index (κ2) is 6.35. The number of ether oxygens (including phenoxy) is 1. The maximum absolute atomic E-state index is 11.3. The molecule has 21 heavy (non-hydrogen) atoms. The van der Waals surface area contributed by atoms with E-state index in [1.807, 2.05) is 5.43 Å². The van der Waals surface area contributed by atoms with Crippen LogP contribution in [-0.2, 0) is 0 Å². The van der Waals surface area contributed by atoms with Gasteiger partial charge in [-0.1, -0.05) is 0 Å². The molecular formula is C13H13N5O3. The molecule has 2 aromatic rings. The van der Waals surface area contributed by atoms with Crippen molar-refractivity contribution < 1.29 is 14.3 Å². The summed E-state index contributed by atoms with van der Waals surface area (Å²) in [4.78, 5) is 25.9. The molecule has 3 amide bonds. The summed E-state index contributed by atoms with van der Waals surface area (Å²) >= 11 is 0. The van der Waals surface area contributed by atoms with Crippen molar-refractivity contribution >= 4 is 17.8 Å². The number of nitrogens with one attached hydrogen (secondary N) is 2. The Hall–Kier alpha value is -3.13. The Bertz CT molecular complexity index is 640. The number of benzene rings is 1. The number of primary amides is 1. The molecule has 1 heterocycles. The highest BCUT2D eigenvalue weighted by Gasteiger charge is 2.04. The smallest absolute Gasteiger partial charge is 0.317 e. The van der Waals surface area contributed by atoms with E-state index < -0.39 is 6.03 Å². The Labute approximate surface area is 120 Å². The zero-order chi connectivity index (χ0) is 15.2. The number of nitrogens with two attached hydrogens (primary N) is 2. The molecule has 8 heteroatoms. The van der Waals surface area contributed by atoms with Gasteiger partial charge in [-0.2, -0.15) is 0 Å². The number of hydrazine groups is 1. The number of pyridine rings is 1. The van der Waals surface area contributed by atoms with E-state index >= 15 is 0 Å². The van der Waals surface area contributed by atoms with Crippen LogP contribution in [0.15, 0.2) is 42.6 Å². The maximum Gasteiger partial charge on any atom is 0.317 e. The van der Waals surface area contributed by atoms with Crippen LogP contribution in [-0.4, -0.2) is 16.9 Å². The number of urea groups is 1. The molecule has 8 nitrogen and oxygen atoms in total. The first-order valence-electron chi connectivity index (χ1n) is 5.90. The molecule has 0 radical (unpaired) electrons. The summed E-state index contributed by atoms with van der Waals surface area (Å²) in [7, 11) is 0. The topological polar surface area (TPSA) is 132 Å². The molecule has 6 N–H and O–H groups in total. The minimum Gasteiger partial charge on any atom is -0.456 e. The Morgan fingerprint density at radius 1 is 1.05 bits per heavy atom.